The van der Waals surface area contributed by atoms with Crippen molar-refractivity contribution in [3.63, 3.8) is 0 Å². The summed E-state index contributed by atoms with van der Waals surface area (Å²) in [5.74, 6) is -5.21. The van der Waals surface area contributed by atoms with E-state index in [0.717, 1.165) is 18.2 Å². The van der Waals surface area contributed by atoms with E-state index in [4.69, 9.17) is 46.4 Å². The topological polar surface area (TPSA) is 58.2 Å². The average molecular weight is 548 g/mol. The summed E-state index contributed by atoms with van der Waals surface area (Å²) in [6.07, 6.45) is 0. The molecule has 34 heavy (non-hydrogen) atoms. The molecule has 1 saturated carbocycles. The van der Waals surface area contributed by atoms with Gasteiger partial charge in [-0.1, -0.05) is 29.3 Å². The predicted molar refractivity (Wildman–Crippen MR) is 126 cm³/mol. The van der Waals surface area contributed by atoms with E-state index in [2.05, 4.69) is 10.6 Å². The number of nitrogens with one attached hydrogen (secondary N) is 2. The van der Waals surface area contributed by atoms with Crippen LogP contribution < -0.4 is 10.6 Å². The van der Waals surface area contributed by atoms with E-state index < -0.39 is 45.4 Å². The molecule has 1 fully saturated rings. The largest absolute Gasteiger partial charge is 0.326 e. The second-order valence-corrected chi connectivity index (χ2v) is 9.82. The predicted octanol–water partition coefficient (Wildman–Crippen LogP) is 7.19. The van der Waals surface area contributed by atoms with Gasteiger partial charge in [0.2, 0.25) is 5.91 Å². The fourth-order valence-electron chi connectivity index (χ4n) is 3.55. The van der Waals surface area contributed by atoms with Crippen LogP contribution in [0, 0.1) is 23.4 Å². The Labute approximate surface area is 211 Å². The van der Waals surface area contributed by atoms with E-state index in [9.17, 15) is 22.8 Å². The second-order valence-electron chi connectivity index (χ2n) is 7.57. The molecular weight excluding hydrogens is 535 g/mol. The standard InChI is InChI=1S/C23H13Cl4F3N2O2/c24-14-4-3-12(9-13(14)21(33)32-18-6-2-11(28)8-17(18)30)31-22(34)20-19(23(20,26)27)10-1-5-16(29)15(25)7-10/h1-9,19-20H,(H,31,34)(H,32,33)/t19-,20+/m0/s1. The third-order valence-electron chi connectivity index (χ3n) is 5.30. The minimum atomic E-state index is -1.45. The first-order valence-corrected chi connectivity index (χ1v) is 11.2. The first-order valence-electron chi connectivity index (χ1n) is 9.68. The molecule has 4 nitrogen and oxygen atoms in total. The molecule has 2 N–H and O–H groups in total. The first kappa shape index (κ1) is 24.7. The van der Waals surface area contributed by atoms with Gasteiger partial charge in [-0.05, 0) is 48.0 Å². The summed E-state index contributed by atoms with van der Waals surface area (Å²) < 4.78 is 39.0. The number of benzene rings is 3. The van der Waals surface area contributed by atoms with E-state index >= 15 is 0 Å². The second kappa shape index (κ2) is 9.30. The zero-order valence-corrected chi connectivity index (χ0v) is 19.8. The highest BCUT2D eigenvalue weighted by molar-refractivity contribution is 6.53. The highest BCUT2D eigenvalue weighted by atomic mass is 35.5. The Morgan fingerprint density at radius 2 is 1.56 bits per heavy atom. The molecule has 0 heterocycles. The van der Waals surface area contributed by atoms with Crippen LogP contribution in [0.4, 0.5) is 24.5 Å². The summed E-state index contributed by atoms with van der Waals surface area (Å²) in [6.45, 7) is 0. The summed E-state index contributed by atoms with van der Waals surface area (Å²) in [7, 11) is 0. The summed E-state index contributed by atoms with van der Waals surface area (Å²) in [4.78, 5) is 25.5. The lowest BCUT2D eigenvalue weighted by Gasteiger charge is -2.11. The third-order valence-corrected chi connectivity index (χ3v) is 6.86. The van der Waals surface area contributed by atoms with Crippen molar-refractivity contribution in [1.82, 2.24) is 0 Å². The Balaban J connectivity index is 1.51. The normalized spacial score (nSPS) is 18.3. The van der Waals surface area contributed by atoms with Crippen LogP contribution in [0.1, 0.15) is 21.8 Å². The van der Waals surface area contributed by atoms with Crippen molar-refractivity contribution < 1.29 is 22.8 Å². The molecule has 1 aliphatic carbocycles. The lowest BCUT2D eigenvalue weighted by atomic mass is 10.1. The van der Waals surface area contributed by atoms with E-state index in [-0.39, 0.29) is 27.0 Å². The molecule has 0 saturated heterocycles. The molecule has 176 valence electrons. The smallest absolute Gasteiger partial charge is 0.257 e. The fourth-order valence-corrected chi connectivity index (χ4v) is 4.77. The van der Waals surface area contributed by atoms with Gasteiger partial charge in [-0.3, -0.25) is 9.59 Å². The van der Waals surface area contributed by atoms with Gasteiger partial charge in [0.15, 0.2) is 0 Å². The Bertz CT molecular complexity index is 1320. The number of hydrogen-bond acceptors (Lipinski definition) is 2. The zero-order valence-electron chi connectivity index (χ0n) is 16.8. The van der Waals surface area contributed by atoms with Crippen LogP contribution in [0.15, 0.2) is 54.6 Å². The van der Waals surface area contributed by atoms with Gasteiger partial charge in [0.1, 0.15) is 21.8 Å². The van der Waals surface area contributed by atoms with E-state index in [0.29, 0.717) is 11.6 Å². The zero-order chi connectivity index (χ0) is 24.8. The van der Waals surface area contributed by atoms with E-state index in [1.54, 1.807) is 0 Å². The number of hydrogen-bond donors (Lipinski definition) is 2. The molecular formula is C23H13Cl4F3N2O2. The Hall–Kier alpha value is -2.45. The number of halogens is 7. The van der Waals surface area contributed by atoms with Gasteiger partial charge >= 0.3 is 0 Å². The van der Waals surface area contributed by atoms with Crippen LogP contribution in [0.5, 0.6) is 0 Å². The lowest BCUT2D eigenvalue weighted by molar-refractivity contribution is -0.117. The Morgan fingerprint density at radius 3 is 2.24 bits per heavy atom. The molecule has 11 heteroatoms. The maximum absolute atomic E-state index is 13.9. The number of alkyl halides is 2. The van der Waals surface area contributed by atoms with Crippen LogP contribution >= 0.6 is 46.4 Å². The number of rotatable bonds is 5. The average Bonchev–Trinajstić information content (AvgIpc) is 3.35. The fraction of sp³-hybridized carbons (Fsp3) is 0.130. The maximum atomic E-state index is 13.9. The number of anilines is 2. The van der Waals surface area contributed by atoms with Crippen molar-refractivity contribution in [2.24, 2.45) is 5.92 Å². The Morgan fingerprint density at radius 1 is 0.824 bits per heavy atom. The highest BCUT2D eigenvalue weighted by Gasteiger charge is 2.67. The summed E-state index contributed by atoms with van der Waals surface area (Å²) in [5, 5.41) is 4.82. The number of carbonyl (C=O) groups is 2. The minimum absolute atomic E-state index is 0.0345. The lowest BCUT2D eigenvalue weighted by Crippen LogP contribution is -2.18. The van der Waals surface area contributed by atoms with Crippen LogP contribution in [0.25, 0.3) is 0 Å². The molecule has 0 aromatic heterocycles. The SMILES string of the molecule is O=C(Nc1ccc(F)cc1F)c1cc(NC(=O)[C@H]2[C@H](c3ccc(F)c(Cl)c3)C2(Cl)Cl)ccc1Cl. The van der Waals surface area contributed by atoms with Gasteiger partial charge in [0.25, 0.3) is 5.91 Å². The summed E-state index contributed by atoms with van der Waals surface area (Å²) in [6, 6.07) is 10.7. The van der Waals surface area contributed by atoms with Crippen molar-refractivity contribution in [3.05, 3.63) is 93.2 Å². The van der Waals surface area contributed by atoms with Crippen LogP contribution in [-0.2, 0) is 4.79 Å². The molecule has 3 aromatic carbocycles. The molecule has 2 atom stereocenters. The van der Waals surface area contributed by atoms with Crippen molar-refractivity contribution in [3.8, 4) is 0 Å². The minimum Gasteiger partial charge on any atom is -0.326 e. The Kier molecular flexibility index (Phi) is 6.75. The van der Waals surface area contributed by atoms with Gasteiger partial charge in [0, 0.05) is 17.7 Å². The van der Waals surface area contributed by atoms with Gasteiger partial charge in [-0.25, -0.2) is 13.2 Å². The number of carbonyl (C=O) groups excluding carboxylic acids is 2. The van der Waals surface area contributed by atoms with E-state index in [1.165, 1.54) is 30.3 Å². The molecule has 2 amide bonds. The van der Waals surface area contributed by atoms with Crippen molar-refractivity contribution in [1.29, 1.82) is 0 Å². The monoisotopic (exact) mass is 546 g/mol. The van der Waals surface area contributed by atoms with Crippen molar-refractivity contribution in [2.45, 2.75) is 10.3 Å². The third kappa shape index (κ3) is 4.84. The first-order chi connectivity index (χ1) is 16.0. The van der Waals surface area contributed by atoms with Crippen LogP contribution in [0.3, 0.4) is 0 Å². The van der Waals surface area contributed by atoms with Gasteiger partial charge in [-0.2, -0.15) is 0 Å². The molecule has 0 aliphatic heterocycles. The van der Waals surface area contributed by atoms with E-state index in [1.807, 2.05) is 0 Å². The van der Waals surface area contributed by atoms with Gasteiger partial charge in [-0.15, -0.1) is 23.2 Å². The quantitative estimate of drug-likeness (QED) is 0.332. The molecule has 3 aromatic rings. The summed E-state index contributed by atoms with van der Waals surface area (Å²) in [5.41, 5.74) is 0.383. The molecule has 0 spiro atoms. The molecule has 1 aliphatic rings. The number of amides is 2. The van der Waals surface area contributed by atoms with Crippen molar-refractivity contribution in [2.75, 3.05) is 10.6 Å². The van der Waals surface area contributed by atoms with Crippen molar-refractivity contribution >= 4 is 69.6 Å². The van der Waals surface area contributed by atoms with Gasteiger partial charge < -0.3 is 10.6 Å². The molecule has 0 unspecified atom stereocenters. The maximum Gasteiger partial charge on any atom is 0.257 e. The molecule has 4 rings (SSSR count). The molecule has 0 bridgehead atoms. The van der Waals surface area contributed by atoms with Crippen LogP contribution in [-0.4, -0.2) is 16.1 Å². The summed E-state index contributed by atoms with van der Waals surface area (Å²) >= 11 is 24.5. The molecule has 0 radical (unpaired) electrons. The van der Waals surface area contributed by atoms with Crippen LogP contribution in [0.2, 0.25) is 10.0 Å². The van der Waals surface area contributed by atoms with Gasteiger partial charge in [0.05, 0.1) is 27.2 Å². The highest BCUT2D eigenvalue weighted by Crippen LogP contribution is 2.65.